The van der Waals surface area contributed by atoms with Crippen LogP contribution in [0.5, 0.6) is 0 Å². The highest BCUT2D eigenvalue weighted by Gasteiger charge is 2.09. The molecule has 0 unspecified atom stereocenters. The van der Waals surface area contributed by atoms with Crippen LogP contribution in [-0.4, -0.2) is 10.9 Å². The van der Waals surface area contributed by atoms with Crippen molar-refractivity contribution in [3.05, 3.63) is 41.5 Å². The van der Waals surface area contributed by atoms with E-state index in [0.717, 1.165) is 11.1 Å². The molecule has 0 heterocycles. The number of benzene rings is 1. The fourth-order valence-electron chi connectivity index (χ4n) is 1.22. The van der Waals surface area contributed by atoms with Gasteiger partial charge in [0.15, 0.2) is 0 Å². The van der Waals surface area contributed by atoms with E-state index >= 15 is 0 Å². The van der Waals surface area contributed by atoms with Gasteiger partial charge in [0.05, 0.1) is 0 Å². The second-order valence-electron chi connectivity index (χ2n) is 2.41. The van der Waals surface area contributed by atoms with E-state index < -0.39 is 0 Å². The quantitative estimate of drug-likeness (QED) is 0.439. The summed E-state index contributed by atoms with van der Waals surface area (Å²) in [4.78, 5) is 0. The van der Waals surface area contributed by atoms with Crippen LogP contribution < -0.4 is 0 Å². The van der Waals surface area contributed by atoms with Crippen molar-refractivity contribution in [3.63, 3.8) is 0 Å². The molecule has 0 saturated carbocycles. The molecule has 1 aromatic carbocycles. The monoisotopic (exact) mass is 145 g/mol. The summed E-state index contributed by atoms with van der Waals surface area (Å²) in [6.07, 6.45) is 3.73. The lowest BCUT2D eigenvalue weighted by atomic mass is 10.1. The summed E-state index contributed by atoms with van der Waals surface area (Å²) in [6.45, 7) is 0. The van der Waals surface area contributed by atoms with Crippen LogP contribution in [0.25, 0.3) is 6.08 Å². The highest BCUT2D eigenvalue weighted by atomic mass is 16.4. The molecule has 0 radical (unpaired) electrons. The van der Waals surface area contributed by atoms with Crippen molar-refractivity contribution >= 4 is 11.8 Å². The highest BCUT2D eigenvalue weighted by Crippen LogP contribution is 2.18. The number of fused-ring (bicyclic) bond motifs is 1. The second-order valence-corrected chi connectivity index (χ2v) is 2.41. The van der Waals surface area contributed by atoms with E-state index in [4.69, 9.17) is 5.21 Å². The van der Waals surface area contributed by atoms with Crippen LogP contribution in [0.3, 0.4) is 0 Å². The molecule has 2 heteroatoms. The van der Waals surface area contributed by atoms with E-state index in [-0.39, 0.29) is 0 Å². The Kier molecular flexibility index (Phi) is 1.25. The van der Waals surface area contributed by atoms with Crippen molar-refractivity contribution in [2.75, 3.05) is 0 Å². The van der Waals surface area contributed by atoms with Gasteiger partial charge in [0.25, 0.3) is 0 Å². The summed E-state index contributed by atoms with van der Waals surface area (Å²) in [6, 6.07) is 7.81. The smallest absolute Gasteiger partial charge is 0.110 e. The Bertz CT molecular complexity index is 339. The van der Waals surface area contributed by atoms with Crippen LogP contribution in [0, 0.1) is 0 Å². The molecular formula is C9H7NO. The molecule has 0 saturated heterocycles. The van der Waals surface area contributed by atoms with Crippen molar-refractivity contribution < 1.29 is 5.21 Å². The van der Waals surface area contributed by atoms with Crippen LogP contribution in [0.2, 0.25) is 0 Å². The lowest BCUT2D eigenvalue weighted by Crippen LogP contribution is -1.92. The number of allylic oxidation sites excluding steroid dienone is 1. The summed E-state index contributed by atoms with van der Waals surface area (Å²) in [7, 11) is 0. The van der Waals surface area contributed by atoms with Crippen LogP contribution in [0.1, 0.15) is 11.1 Å². The molecule has 11 heavy (non-hydrogen) atoms. The Morgan fingerprint density at radius 1 is 1.09 bits per heavy atom. The fraction of sp³-hybridized carbons (Fsp3) is 0. The Morgan fingerprint density at radius 3 is 2.73 bits per heavy atom. The molecule has 2 rings (SSSR count). The third-order valence-corrected chi connectivity index (χ3v) is 1.77. The zero-order chi connectivity index (χ0) is 7.68. The summed E-state index contributed by atoms with van der Waals surface area (Å²) in [5.41, 5.74) is 2.75. The van der Waals surface area contributed by atoms with Gasteiger partial charge in [-0.05, 0) is 11.6 Å². The summed E-state index contributed by atoms with van der Waals surface area (Å²) >= 11 is 0. The van der Waals surface area contributed by atoms with Crippen molar-refractivity contribution in [2.45, 2.75) is 0 Å². The largest absolute Gasteiger partial charge is 0.410 e. The molecule has 0 bridgehead atoms. The SMILES string of the molecule is ON=C1C=Cc2ccccc21. The van der Waals surface area contributed by atoms with E-state index in [1.54, 1.807) is 6.08 Å². The van der Waals surface area contributed by atoms with E-state index in [1.807, 2.05) is 30.3 Å². The Hall–Kier alpha value is -1.57. The van der Waals surface area contributed by atoms with Crippen molar-refractivity contribution in [3.8, 4) is 0 Å². The highest BCUT2D eigenvalue weighted by molar-refractivity contribution is 6.16. The number of rotatable bonds is 0. The van der Waals surface area contributed by atoms with Crippen molar-refractivity contribution in [1.82, 2.24) is 0 Å². The third kappa shape index (κ3) is 0.835. The molecule has 0 aromatic heterocycles. The molecule has 1 aliphatic rings. The van der Waals surface area contributed by atoms with Crippen LogP contribution in [0.15, 0.2) is 35.5 Å². The zero-order valence-electron chi connectivity index (χ0n) is 5.86. The number of nitrogens with zero attached hydrogens (tertiary/aromatic N) is 1. The Balaban J connectivity index is 2.63. The van der Waals surface area contributed by atoms with Gasteiger partial charge in [0.2, 0.25) is 0 Å². The van der Waals surface area contributed by atoms with E-state index in [1.165, 1.54) is 0 Å². The minimum absolute atomic E-state index is 0.639. The van der Waals surface area contributed by atoms with Gasteiger partial charge < -0.3 is 5.21 Å². The van der Waals surface area contributed by atoms with Gasteiger partial charge in [-0.1, -0.05) is 35.5 Å². The van der Waals surface area contributed by atoms with E-state index in [2.05, 4.69) is 5.16 Å². The lowest BCUT2D eigenvalue weighted by Gasteiger charge is -1.95. The maximum absolute atomic E-state index is 8.55. The number of hydrogen-bond donors (Lipinski definition) is 1. The topological polar surface area (TPSA) is 32.6 Å². The normalized spacial score (nSPS) is 17.3. The molecule has 0 spiro atoms. The molecule has 0 atom stereocenters. The van der Waals surface area contributed by atoms with Crippen LogP contribution in [-0.2, 0) is 0 Å². The Labute approximate surface area is 64.5 Å². The van der Waals surface area contributed by atoms with Gasteiger partial charge in [-0.15, -0.1) is 0 Å². The Morgan fingerprint density at radius 2 is 1.91 bits per heavy atom. The maximum Gasteiger partial charge on any atom is 0.110 e. The average molecular weight is 145 g/mol. The number of oxime groups is 1. The fourth-order valence-corrected chi connectivity index (χ4v) is 1.22. The van der Waals surface area contributed by atoms with E-state index in [0.29, 0.717) is 5.71 Å². The molecular weight excluding hydrogens is 138 g/mol. The number of hydrogen-bond acceptors (Lipinski definition) is 2. The summed E-state index contributed by atoms with van der Waals surface area (Å²) in [5, 5.41) is 11.7. The van der Waals surface area contributed by atoms with Gasteiger partial charge in [-0.2, -0.15) is 0 Å². The molecule has 0 fully saturated rings. The van der Waals surface area contributed by atoms with E-state index in [9.17, 15) is 0 Å². The predicted molar refractivity (Wildman–Crippen MR) is 43.8 cm³/mol. The zero-order valence-corrected chi connectivity index (χ0v) is 5.86. The molecule has 1 N–H and O–H groups in total. The summed E-state index contributed by atoms with van der Waals surface area (Å²) in [5.74, 6) is 0. The van der Waals surface area contributed by atoms with Gasteiger partial charge in [0.1, 0.15) is 5.71 Å². The molecule has 1 aromatic rings. The predicted octanol–water partition coefficient (Wildman–Crippen LogP) is 1.89. The first-order chi connectivity index (χ1) is 5.42. The minimum atomic E-state index is 0.639. The van der Waals surface area contributed by atoms with Crippen molar-refractivity contribution in [2.24, 2.45) is 5.16 Å². The molecule has 0 aliphatic heterocycles. The average Bonchev–Trinajstić information content (AvgIpc) is 2.47. The lowest BCUT2D eigenvalue weighted by molar-refractivity contribution is 0.320. The summed E-state index contributed by atoms with van der Waals surface area (Å²) < 4.78 is 0. The van der Waals surface area contributed by atoms with Gasteiger partial charge in [-0.25, -0.2) is 0 Å². The van der Waals surface area contributed by atoms with Gasteiger partial charge >= 0.3 is 0 Å². The first kappa shape index (κ1) is 6.16. The second kappa shape index (κ2) is 2.23. The maximum atomic E-state index is 8.55. The standard InChI is InChI=1S/C9H7NO/c11-10-9-6-5-7-3-1-2-4-8(7)9/h1-6,11H. The van der Waals surface area contributed by atoms with Crippen LogP contribution >= 0.6 is 0 Å². The van der Waals surface area contributed by atoms with Gasteiger partial charge in [0, 0.05) is 5.56 Å². The third-order valence-electron chi connectivity index (χ3n) is 1.77. The molecule has 0 amide bonds. The van der Waals surface area contributed by atoms with Crippen LogP contribution in [0.4, 0.5) is 0 Å². The molecule has 2 nitrogen and oxygen atoms in total. The minimum Gasteiger partial charge on any atom is -0.410 e. The van der Waals surface area contributed by atoms with Gasteiger partial charge in [-0.3, -0.25) is 0 Å². The van der Waals surface area contributed by atoms with Crippen molar-refractivity contribution in [1.29, 1.82) is 0 Å². The molecule has 1 aliphatic carbocycles. The first-order valence-corrected chi connectivity index (χ1v) is 3.41. The first-order valence-electron chi connectivity index (χ1n) is 3.41. The molecule has 54 valence electrons.